The molecular formula is C16H13Cl2NO4. The molecule has 0 aliphatic carbocycles. The summed E-state index contributed by atoms with van der Waals surface area (Å²) in [5.41, 5.74) is 0.571. The Bertz CT molecular complexity index is 734. The highest BCUT2D eigenvalue weighted by molar-refractivity contribution is 6.34. The van der Waals surface area contributed by atoms with Crippen LogP contribution in [0.3, 0.4) is 0 Å². The summed E-state index contributed by atoms with van der Waals surface area (Å²) in [6.07, 6.45) is 0. The summed E-state index contributed by atoms with van der Waals surface area (Å²) in [6, 6.07) is 11.2. The lowest BCUT2D eigenvalue weighted by Gasteiger charge is -2.10. The molecule has 2 aromatic rings. The lowest BCUT2D eigenvalue weighted by molar-refractivity contribution is -0.118. The highest BCUT2D eigenvalue weighted by atomic mass is 35.5. The van der Waals surface area contributed by atoms with E-state index < -0.39 is 11.9 Å². The van der Waals surface area contributed by atoms with Crippen LogP contribution in [0.4, 0.5) is 5.69 Å². The summed E-state index contributed by atoms with van der Waals surface area (Å²) in [7, 11) is 1.27. The van der Waals surface area contributed by atoms with Crippen LogP contribution in [-0.2, 0) is 9.53 Å². The zero-order valence-corrected chi connectivity index (χ0v) is 13.6. The normalized spacial score (nSPS) is 10.0. The molecule has 2 rings (SSSR count). The van der Waals surface area contributed by atoms with Gasteiger partial charge >= 0.3 is 5.97 Å². The molecule has 2 aromatic carbocycles. The van der Waals surface area contributed by atoms with Gasteiger partial charge in [0.1, 0.15) is 5.75 Å². The number of rotatable bonds is 5. The second-order valence-corrected chi connectivity index (χ2v) is 5.27. The number of esters is 1. The summed E-state index contributed by atoms with van der Waals surface area (Å²) in [4.78, 5) is 23.4. The predicted molar refractivity (Wildman–Crippen MR) is 88.4 cm³/mol. The Hall–Kier alpha value is -2.24. The van der Waals surface area contributed by atoms with Gasteiger partial charge in [-0.2, -0.15) is 0 Å². The summed E-state index contributed by atoms with van der Waals surface area (Å²) in [5, 5.41) is 3.28. The summed E-state index contributed by atoms with van der Waals surface area (Å²) in [5.74, 6) is -0.558. The van der Waals surface area contributed by atoms with E-state index >= 15 is 0 Å². The molecule has 0 saturated heterocycles. The predicted octanol–water partition coefficient (Wildman–Crippen LogP) is 3.80. The van der Waals surface area contributed by atoms with Crippen molar-refractivity contribution in [1.82, 2.24) is 0 Å². The summed E-state index contributed by atoms with van der Waals surface area (Å²) >= 11 is 11.9. The fraction of sp³-hybridized carbons (Fsp3) is 0.125. The third-order valence-electron chi connectivity index (χ3n) is 2.86. The van der Waals surface area contributed by atoms with Crippen LogP contribution in [0.1, 0.15) is 10.4 Å². The van der Waals surface area contributed by atoms with Gasteiger partial charge in [-0.05, 0) is 30.3 Å². The largest absolute Gasteiger partial charge is 0.482 e. The number of ether oxygens (including phenoxy) is 2. The van der Waals surface area contributed by atoms with Crippen LogP contribution < -0.4 is 10.1 Å². The molecular weight excluding hydrogens is 341 g/mol. The number of para-hydroxylation sites is 1. The Morgan fingerprint density at radius 2 is 1.83 bits per heavy atom. The second-order valence-electron chi connectivity index (χ2n) is 4.45. The molecule has 0 unspecified atom stereocenters. The topological polar surface area (TPSA) is 64.6 Å². The Morgan fingerprint density at radius 1 is 1.09 bits per heavy atom. The van der Waals surface area contributed by atoms with Gasteiger partial charge in [0.25, 0.3) is 5.91 Å². The molecule has 0 radical (unpaired) electrons. The second kappa shape index (κ2) is 7.85. The molecule has 120 valence electrons. The lowest BCUT2D eigenvalue weighted by atomic mass is 10.2. The van der Waals surface area contributed by atoms with E-state index in [4.69, 9.17) is 27.9 Å². The lowest BCUT2D eigenvalue weighted by Crippen LogP contribution is -2.20. The Kier molecular flexibility index (Phi) is 5.84. The average molecular weight is 354 g/mol. The van der Waals surface area contributed by atoms with Crippen LogP contribution >= 0.6 is 23.2 Å². The smallest absolute Gasteiger partial charge is 0.337 e. The van der Waals surface area contributed by atoms with Crippen LogP contribution in [-0.4, -0.2) is 25.6 Å². The minimum Gasteiger partial charge on any atom is -0.482 e. The molecule has 0 saturated carbocycles. The van der Waals surface area contributed by atoms with Crippen molar-refractivity contribution < 1.29 is 19.1 Å². The van der Waals surface area contributed by atoms with Gasteiger partial charge in [-0.15, -0.1) is 0 Å². The number of carbonyl (C=O) groups is 2. The van der Waals surface area contributed by atoms with Gasteiger partial charge in [-0.25, -0.2) is 4.79 Å². The van der Waals surface area contributed by atoms with Gasteiger partial charge in [-0.1, -0.05) is 35.3 Å². The van der Waals surface area contributed by atoms with E-state index in [9.17, 15) is 9.59 Å². The standard InChI is InChI=1S/C16H13Cl2NO4/c1-22-16(21)10-6-7-11(17)13(8-10)19-15(20)9-23-14-5-3-2-4-12(14)18/h2-8H,9H2,1H3,(H,19,20). The van der Waals surface area contributed by atoms with Gasteiger partial charge in [-0.3, -0.25) is 4.79 Å². The molecule has 0 aromatic heterocycles. The third kappa shape index (κ3) is 4.61. The third-order valence-corrected chi connectivity index (χ3v) is 3.50. The molecule has 7 heteroatoms. The van der Waals surface area contributed by atoms with E-state index in [1.807, 2.05) is 0 Å². The minimum atomic E-state index is -0.524. The molecule has 0 aliphatic rings. The van der Waals surface area contributed by atoms with E-state index in [0.717, 1.165) is 0 Å². The molecule has 0 heterocycles. The summed E-state index contributed by atoms with van der Waals surface area (Å²) in [6.45, 7) is -0.248. The van der Waals surface area contributed by atoms with E-state index in [1.165, 1.54) is 25.3 Å². The van der Waals surface area contributed by atoms with Crippen LogP contribution in [0, 0.1) is 0 Å². The molecule has 0 fully saturated rings. The zero-order valence-electron chi connectivity index (χ0n) is 12.1. The number of carbonyl (C=O) groups excluding carboxylic acids is 2. The first-order valence-electron chi connectivity index (χ1n) is 6.56. The van der Waals surface area contributed by atoms with Crippen LogP contribution in [0.5, 0.6) is 5.75 Å². The van der Waals surface area contributed by atoms with Crippen molar-refractivity contribution in [2.45, 2.75) is 0 Å². The molecule has 1 amide bonds. The minimum absolute atomic E-state index is 0.248. The first-order chi connectivity index (χ1) is 11.0. The Labute approximate surface area is 143 Å². The van der Waals surface area contributed by atoms with E-state index in [0.29, 0.717) is 21.5 Å². The number of anilines is 1. The number of methoxy groups -OCH3 is 1. The van der Waals surface area contributed by atoms with Gasteiger partial charge in [0.2, 0.25) is 0 Å². The quantitative estimate of drug-likeness (QED) is 0.830. The van der Waals surface area contributed by atoms with Gasteiger partial charge in [0.05, 0.1) is 28.4 Å². The fourth-order valence-electron chi connectivity index (χ4n) is 1.76. The van der Waals surface area contributed by atoms with Crippen LogP contribution in [0.25, 0.3) is 0 Å². The molecule has 5 nitrogen and oxygen atoms in total. The molecule has 0 spiro atoms. The molecule has 0 atom stereocenters. The summed E-state index contributed by atoms with van der Waals surface area (Å²) < 4.78 is 9.95. The van der Waals surface area contributed by atoms with Gasteiger partial charge < -0.3 is 14.8 Å². The van der Waals surface area contributed by atoms with Crippen molar-refractivity contribution in [3.05, 3.63) is 58.1 Å². The highest BCUT2D eigenvalue weighted by Gasteiger charge is 2.12. The first-order valence-corrected chi connectivity index (χ1v) is 7.32. The number of benzene rings is 2. The van der Waals surface area contributed by atoms with Crippen molar-refractivity contribution in [2.24, 2.45) is 0 Å². The van der Waals surface area contributed by atoms with E-state index in [-0.39, 0.29) is 12.2 Å². The SMILES string of the molecule is COC(=O)c1ccc(Cl)c(NC(=O)COc2ccccc2Cl)c1. The van der Waals surface area contributed by atoms with Crippen LogP contribution in [0.2, 0.25) is 10.0 Å². The van der Waals surface area contributed by atoms with E-state index in [2.05, 4.69) is 10.1 Å². The number of amides is 1. The van der Waals surface area contributed by atoms with Gasteiger partial charge in [0, 0.05) is 0 Å². The monoisotopic (exact) mass is 353 g/mol. The average Bonchev–Trinajstić information content (AvgIpc) is 2.55. The van der Waals surface area contributed by atoms with Crippen LogP contribution in [0.15, 0.2) is 42.5 Å². The Morgan fingerprint density at radius 3 is 2.52 bits per heavy atom. The van der Waals surface area contributed by atoms with Crippen molar-refractivity contribution in [3.63, 3.8) is 0 Å². The zero-order chi connectivity index (χ0) is 16.8. The molecule has 0 bridgehead atoms. The Balaban J connectivity index is 2.02. The van der Waals surface area contributed by atoms with Crippen molar-refractivity contribution >= 4 is 40.8 Å². The number of hydrogen-bond acceptors (Lipinski definition) is 4. The van der Waals surface area contributed by atoms with Gasteiger partial charge in [0.15, 0.2) is 6.61 Å². The number of hydrogen-bond donors (Lipinski definition) is 1. The fourth-order valence-corrected chi connectivity index (χ4v) is 2.11. The number of halogens is 2. The molecule has 23 heavy (non-hydrogen) atoms. The maximum Gasteiger partial charge on any atom is 0.337 e. The maximum absolute atomic E-state index is 11.9. The van der Waals surface area contributed by atoms with E-state index in [1.54, 1.807) is 24.3 Å². The first kappa shape index (κ1) is 17.1. The van der Waals surface area contributed by atoms with Crippen molar-refractivity contribution in [3.8, 4) is 5.75 Å². The molecule has 1 N–H and O–H groups in total. The molecule has 0 aliphatic heterocycles. The van der Waals surface area contributed by atoms with Crippen molar-refractivity contribution in [2.75, 3.05) is 19.0 Å². The number of nitrogens with one attached hydrogen (secondary N) is 1. The highest BCUT2D eigenvalue weighted by Crippen LogP contribution is 2.25. The maximum atomic E-state index is 11.9. The van der Waals surface area contributed by atoms with Crippen molar-refractivity contribution in [1.29, 1.82) is 0 Å².